The lowest BCUT2D eigenvalue weighted by Gasteiger charge is -2.19. The lowest BCUT2D eigenvalue weighted by Crippen LogP contribution is -2.23. The number of thiophene rings is 1. The van der Waals surface area contributed by atoms with Crippen LogP contribution in [0.3, 0.4) is 0 Å². The first-order valence-electron chi connectivity index (χ1n) is 7.04. The highest BCUT2D eigenvalue weighted by Gasteiger charge is 2.17. The lowest BCUT2D eigenvalue weighted by atomic mass is 10.1. The van der Waals surface area contributed by atoms with Crippen LogP contribution in [0.1, 0.15) is 36.0 Å². The van der Waals surface area contributed by atoms with E-state index in [0.717, 1.165) is 18.7 Å². The maximum Gasteiger partial charge on any atom is 0.338 e. The minimum Gasteiger partial charge on any atom is -0.456 e. The summed E-state index contributed by atoms with van der Waals surface area (Å²) in [5.74, 6) is -0.285. The molecule has 0 bridgehead atoms. The molecule has 0 amide bonds. The van der Waals surface area contributed by atoms with Gasteiger partial charge in [-0.3, -0.25) is 0 Å². The molecule has 0 aliphatic rings. The molecule has 2 aromatic rings. The molecule has 1 N–H and O–H groups in total. The molecule has 0 spiro atoms. The van der Waals surface area contributed by atoms with Gasteiger partial charge in [0.1, 0.15) is 5.60 Å². The van der Waals surface area contributed by atoms with E-state index in [1.165, 1.54) is 4.88 Å². The molecule has 1 heterocycles. The summed E-state index contributed by atoms with van der Waals surface area (Å²) < 4.78 is 5.34. The Bertz CT molecular complexity index is 568. The van der Waals surface area contributed by atoms with E-state index in [4.69, 9.17) is 4.74 Å². The molecule has 1 aromatic carbocycles. The van der Waals surface area contributed by atoms with Crippen molar-refractivity contribution in [1.29, 1.82) is 0 Å². The van der Waals surface area contributed by atoms with Crippen LogP contribution in [-0.4, -0.2) is 18.1 Å². The first kappa shape index (κ1) is 15.6. The maximum atomic E-state index is 11.9. The second-order valence-corrected chi connectivity index (χ2v) is 6.87. The Morgan fingerprint density at radius 1 is 1.19 bits per heavy atom. The number of carbonyl (C=O) groups excluding carboxylic acids is 1. The van der Waals surface area contributed by atoms with Gasteiger partial charge in [0.2, 0.25) is 0 Å². The summed E-state index contributed by atoms with van der Waals surface area (Å²) in [5, 5.41) is 5.44. The molecule has 0 radical (unpaired) electrons. The van der Waals surface area contributed by atoms with E-state index >= 15 is 0 Å². The smallest absolute Gasteiger partial charge is 0.338 e. The molecular weight excluding hydrogens is 282 g/mol. The van der Waals surface area contributed by atoms with Gasteiger partial charge in [0.15, 0.2) is 0 Å². The molecule has 2 rings (SSSR count). The number of rotatable bonds is 5. The number of hydrogen-bond donors (Lipinski definition) is 1. The second-order valence-electron chi connectivity index (χ2n) is 5.84. The minimum absolute atomic E-state index is 0.285. The molecule has 0 saturated heterocycles. The number of nitrogens with one attached hydrogen (secondary N) is 1. The number of carbonyl (C=O) groups is 1. The van der Waals surface area contributed by atoms with Crippen LogP contribution < -0.4 is 5.32 Å². The fourth-order valence-corrected chi connectivity index (χ4v) is 2.56. The second kappa shape index (κ2) is 6.76. The molecule has 4 heteroatoms. The SMILES string of the molecule is CC(C)(C)OC(=O)c1ccc(NCCc2cccs2)cc1. The van der Waals surface area contributed by atoms with Crippen molar-refractivity contribution < 1.29 is 9.53 Å². The van der Waals surface area contributed by atoms with E-state index in [9.17, 15) is 4.79 Å². The zero-order chi connectivity index (χ0) is 15.3. The predicted molar refractivity (Wildman–Crippen MR) is 88.1 cm³/mol. The van der Waals surface area contributed by atoms with Gasteiger partial charge >= 0.3 is 5.97 Å². The summed E-state index contributed by atoms with van der Waals surface area (Å²) in [7, 11) is 0. The zero-order valence-corrected chi connectivity index (χ0v) is 13.5. The monoisotopic (exact) mass is 303 g/mol. The van der Waals surface area contributed by atoms with Crippen molar-refractivity contribution >= 4 is 23.0 Å². The zero-order valence-electron chi connectivity index (χ0n) is 12.7. The normalized spacial score (nSPS) is 11.2. The summed E-state index contributed by atoms with van der Waals surface area (Å²) in [6.07, 6.45) is 1.01. The highest BCUT2D eigenvalue weighted by atomic mass is 32.1. The van der Waals surface area contributed by atoms with Crippen molar-refractivity contribution in [3.63, 3.8) is 0 Å². The third-order valence-corrected chi connectivity index (χ3v) is 3.74. The van der Waals surface area contributed by atoms with Gasteiger partial charge in [-0.25, -0.2) is 4.79 Å². The van der Waals surface area contributed by atoms with Gasteiger partial charge in [-0.1, -0.05) is 6.07 Å². The van der Waals surface area contributed by atoms with Gasteiger partial charge in [0.05, 0.1) is 5.56 Å². The Labute approximate surface area is 130 Å². The van der Waals surface area contributed by atoms with Crippen LogP contribution in [0, 0.1) is 0 Å². The molecule has 0 saturated carbocycles. The number of anilines is 1. The Morgan fingerprint density at radius 3 is 2.48 bits per heavy atom. The van der Waals surface area contributed by atoms with Crippen LogP contribution in [0.5, 0.6) is 0 Å². The summed E-state index contributed by atoms with van der Waals surface area (Å²) in [6, 6.07) is 11.6. The van der Waals surface area contributed by atoms with Crippen molar-refractivity contribution in [2.45, 2.75) is 32.8 Å². The Balaban J connectivity index is 1.85. The highest BCUT2D eigenvalue weighted by Crippen LogP contribution is 2.15. The molecule has 1 aromatic heterocycles. The Kier molecular flexibility index (Phi) is 5.02. The van der Waals surface area contributed by atoms with Gasteiger partial charge in [-0.2, -0.15) is 0 Å². The molecule has 0 unspecified atom stereocenters. The molecule has 3 nitrogen and oxygen atoms in total. The molecule has 0 fully saturated rings. The van der Waals surface area contributed by atoms with Gasteiger partial charge in [-0.15, -0.1) is 11.3 Å². The average Bonchev–Trinajstić information content (AvgIpc) is 2.91. The van der Waals surface area contributed by atoms with Gasteiger partial charge in [-0.05, 0) is 62.9 Å². The van der Waals surface area contributed by atoms with Crippen molar-refractivity contribution in [3.8, 4) is 0 Å². The number of benzene rings is 1. The van der Waals surface area contributed by atoms with Gasteiger partial charge in [0, 0.05) is 17.1 Å². The maximum absolute atomic E-state index is 11.9. The number of ether oxygens (including phenoxy) is 1. The first-order chi connectivity index (χ1) is 9.94. The van der Waals surface area contributed by atoms with Crippen molar-refractivity contribution in [3.05, 3.63) is 52.2 Å². The molecule has 0 atom stereocenters. The molecule has 112 valence electrons. The van der Waals surface area contributed by atoms with E-state index in [1.807, 2.05) is 32.9 Å². The first-order valence-corrected chi connectivity index (χ1v) is 7.92. The van der Waals surface area contributed by atoms with Crippen LogP contribution in [0.25, 0.3) is 0 Å². The third-order valence-electron chi connectivity index (χ3n) is 2.80. The molecular formula is C17H21NO2S. The average molecular weight is 303 g/mol. The van der Waals surface area contributed by atoms with Gasteiger partial charge < -0.3 is 10.1 Å². The van der Waals surface area contributed by atoms with E-state index < -0.39 is 5.60 Å². The Morgan fingerprint density at radius 2 is 1.90 bits per heavy atom. The summed E-state index contributed by atoms with van der Waals surface area (Å²) in [4.78, 5) is 13.3. The van der Waals surface area contributed by atoms with Crippen molar-refractivity contribution in [1.82, 2.24) is 0 Å². The quantitative estimate of drug-likeness (QED) is 0.834. The fraction of sp³-hybridized carbons (Fsp3) is 0.353. The topological polar surface area (TPSA) is 38.3 Å². The summed E-state index contributed by atoms with van der Waals surface area (Å²) in [5.41, 5.74) is 1.13. The van der Waals surface area contributed by atoms with E-state index in [1.54, 1.807) is 23.5 Å². The van der Waals surface area contributed by atoms with E-state index in [2.05, 4.69) is 22.8 Å². The summed E-state index contributed by atoms with van der Waals surface area (Å²) >= 11 is 1.77. The molecule has 0 aliphatic carbocycles. The largest absolute Gasteiger partial charge is 0.456 e. The van der Waals surface area contributed by atoms with Crippen LogP contribution in [0.15, 0.2) is 41.8 Å². The van der Waals surface area contributed by atoms with Gasteiger partial charge in [0.25, 0.3) is 0 Å². The van der Waals surface area contributed by atoms with Crippen LogP contribution in [-0.2, 0) is 11.2 Å². The third kappa shape index (κ3) is 5.23. The number of esters is 1. The highest BCUT2D eigenvalue weighted by molar-refractivity contribution is 7.09. The van der Waals surface area contributed by atoms with Crippen LogP contribution in [0.2, 0.25) is 0 Å². The summed E-state index contributed by atoms with van der Waals surface area (Å²) in [6.45, 7) is 6.48. The van der Waals surface area contributed by atoms with Crippen LogP contribution in [0.4, 0.5) is 5.69 Å². The van der Waals surface area contributed by atoms with Crippen LogP contribution >= 0.6 is 11.3 Å². The van der Waals surface area contributed by atoms with Crippen molar-refractivity contribution in [2.24, 2.45) is 0 Å². The fourth-order valence-electron chi connectivity index (χ4n) is 1.85. The van der Waals surface area contributed by atoms with E-state index in [0.29, 0.717) is 5.56 Å². The predicted octanol–water partition coefficient (Wildman–Crippen LogP) is 4.36. The van der Waals surface area contributed by atoms with Crippen molar-refractivity contribution in [2.75, 3.05) is 11.9 Å². The standard InChI is InChI=1S/C17H21NO2S/c1-17(2,3)20-16(19)13-6-8-14(9-7-13)18-11-10-15-5-4-12-21-15/h4-9,12,18H,10-11H2,1-3H3. The minimum atomic E-state index is -0.464. The Hall–Kier alpha value is -1.81. The number of hydrogen-bond acceptors (Lipinski definition) is 4. The lowest BCUT2D eigenvalue weighted by molar-refractivity contribution is 0.00696. The van der Waals surface area contributed by atoms with E-state index in [-0.39, 0.29) is 5.97 Å². The molecule has 0 aliphatic heterocycles. The molecule has 21 heavy (non-hydrogen) atoms.